The largest absolute Gasteiger partial charge is 0.380 e. The summed E-state index contributed by atoms with van der Waals surface area (Å²) in [5.74, 6) is 0.305. The van der Waals surface area contributed by atoms with Crippen molar-refractivity contribution in [1.29, 1.82) is 0 Å². The van der Waals surface area contributed by atoms with Gasteiger partial charge in [0.05, 0.1) is 11.3 Å². The number of nitrogens with one attached hydrogen (secondary N) is 3. The summed E-state index contributed by atoms with van der Waals surface area (Å²) in [6.07, 6.45) is 2.37. The van der Waals surface area contributed by atoms with Gasteiger partial charge in [-0.2, -0.15) is 0 Å². The first kappa shape index (κ1) is 22.6. The molecule has 0 saturated carbocycles. The molecule has 0 unspecified atom stereocenters. The van der Waals surface area contributed by atoms with Crippen LogP contribution in [0.4, 0.5) is 5.69 Å². The number of amides is 2. The molecule has 6 nitrogen and oxygen atoms in total. The molecule has 4 aliphatic rings. The second kappa shape index (κ2) is 9.63. The molecule has 3 aromatic rings. The highest BCUT2D eigenvalue weighted by Gasteiger charge is 2.36. The number of fused-ring (bicyclic) bond motifs is 4. The van der Waals surface area contributed by atoms with Crippen molar-refractivity contribution in [3.05, 3.63) is 101 Å². The fourth-order valence-corrected chi connectivity index (χ4v) is 5.66. The molecule has 2 bridgehead atoms. The zero-order valence-corrected chi connectivity index (χ0v) is 20.2. The van der Waals surface area contributed by atoms with Crippen LogP contribution in [0.15, 0.2) is 78.9 Å². The summed E-state index contributed by atoms with van der Waals surface area (Å²) in [6.45, 7) is 3.76. The molecule has 2 amide bonds. The maximum Gasteiger partial charge on any atom is 0.258 e. The third-order valence-electron chi connectivity index (χ3n) is 7.62. The van der Waals surface area contributed by atoms with Gasteiger partial charge in [-0.3, -0.25) is 9.59 Å². The molecular weight excluding hydrogens is 448 g/mol. The van der Waals surface area contributed by atoms with Crippen LogP contribution in [0.25, 0.3) is 11.3 Å². The van der Waals surface area contributed by atoms with E-state index >= 15 is 0 Å². The van der Waals surface area contributed by atoms with Gasteiger partial charge in [-0.15, -0.1) is 0 Å². The van der Waals surface area contributed by atoms with Gasteiger partial charge in [0.25, 0.3) is 11.8 Å². The molecule has 0 spiro atoms. The number of rotatable bonds is 6. The molecule has 0 aromatic heterocycles. The monoisotopic (exact) mass is 478 g/mol. The van der Waals surface area contributed by atoms with Crippen LogP contribution in [0.1, 0.15) is 39.9 Å². The number of hydrogen-bond donors (Lipinski definition) is 3. The van der Waals surface area contributed by atoms with Gasteiger partial charge in [0.15, 0.2) is 0 Å². The van der Waals surface area contributed by atoms with E-state index < -0.39 is 0 Å². The van der Waals surface area contributed by atoms with Crippen molar-refractivity contribution in [3.8, 4) is 0 Å². The zero-order valence-electron chi connectivity index (χ0n) is 20.2. The topological polar surface area (TPSA) is 73.5 Å². The highest BCUT2D eigenvalue weighted by Crippen LogP contribution is 2.38. The normalized spacial score (nSPS) is 23.6. The van der Waals surface area contributed by atoms with Crippen molar-refractivity contribution >= 4 is 28.8 Å². The third-order valence-corrected chi connectivity index (χ3v) is 7.62. The standard InChI is InChI=1S/C30H30N4O2/c35-29(31-18-20-7-3-1-4-8-20)23-11-12-25-24(17-23)27(30(36)33-25)28(22-9-5-2-6-10-22)32-26-19-34-15-13-21(26)14-16-34/h1-12,17,21,26,32H,13-16,18-19H2,(H,31,35)(H,33,36)/t26-/m0/s1. The second-order valence-electron chi connectivity index (χ2n) is 9.89. The van der Waals surface area contributed by atoms with E-state index in [-0.39, 0.29) is 11.8 Å². The number of anilines is 1. The van der Waals surface area contributed by atoms with Crippen LogP contribution in [-0.2, 0) is 11.3 Å². The van der Waals surface area contributed by atoms with Crippen LogP contribution in [0.3, 0.4) is 0 Å². The molecule has 3 fully saturated rings. The SMILES string of the molecule is O=C1Nc2ccc(C(=O)NCc3ccccc3)cc2C1=C(N[C@H]1CN2CCC1CC2)c1ccccc1. The summed E-state index contributed by atoms with van der Waals surface area (Å²) >= 11 is 0. The van der Waals surface area contributed by atoms with Gasteiger partial charge < -0.3 is 20.9 Å². The Hall–Kier alpha value is -3.90. The smallest absolute Gasteiger partial charge is 0.258 e. The lowest BCUT2D eigenvalue weighted by Gasteiger charge is -2.45. The Morgan fingerprint density at radius 3 is 2.33 bits per heavy atom. The van der Waals surface area contributed by atoms with Gasteiger partial charge in [-0.05, 0) is 61.2 Å². The number of carbonyl (C=O) groups is 2. The Morgan fingerprint density at radius 2 is 1.64 bits per heavy atom. The van der Waals surface area contributed by atoms with E-state index in [2.05, 4.69) is 20.9 Å². The number of benzene rings is 3. The van der Waals surface area contributed by atoms with Gasteiger partial charge in [0.2, 0.25) is 0 Å². The first-order chi connectivity index (χ1) is 17.7. The Balaban J connectivity index is 1.35. The third kappa shape index (κ3) is 4.40. The van der Waals surface area contributed by atoms with E-state index in [9.17, 15) is 9.59 Å². The quantitative estimate of drug-likeness (QED) is 0.466. The number of piperidine rings is 3. The molecular formula is C30H30N4O2. The molecule has 4 heterocycles. The highest BCUT2D eigenvalue weighted by molar-refractivity contribution is 6.36. The van der Waals surface area contributed by atoms with E-state index in [1.807, 2.05) is 72.8 Å². The predicted molar refractivity (Wildman–Crippen MR) is 142 cm³/mol. The summed E-state index contributed by atoms with van der Waals surface area (Å²) in [5.41, 5.74) is 5.49. The van der Waals surface area contributed by atoms with E-state index in [0.717, 1.165) is 47.7 Å². The molecule has 1 atom stereocenters. The average molecular weight is 479 g/mol. The summed E-state index contributed by atoms with van der Waals surface area (Å²) in [7, 11) is 0. The average Bonchev–Trinajstić information content (AvgIpc) is 3.26. The van der Waals surface area contributed by atoms with Crippen LogP contribution >= 0.6 is 0 Å². The van der Waals surface area contributed by atoms with Gasteiger partial charge in [-0.25, -0.2) is 0 Å². The Labute approximate surface area is 211 Å². The molecule has 0 aliphatic carbocycles. The summed E-state index contributed by atoms with van der Waals surface area (Å²) in [6, 6.07) is 25.6. The van der Waals surface area contributed by atoms with Crippen molar-refractivity contribution < 1.29 is 9.59 Å². The summed E-state index contributed by atoms with van der Waals surface area (Å²) in [4.78, 5) is 28.8. The molecule has 3 N–H and O–H groups in total. The van der Waals surface area contributed by atoms with E-state index in [1.165, 1.54) is 12.8 Å². The lowest BCUT2D eigenvalue weighted by atomic mass is 9.83. The summed E-state index contributed by atoms with van der Waals surface area (Å²) < 4.78 is 0. The van der Waals surface area contributed by atoms with Crippen LogP contribution in [0.5, 0.6) is 0 Å². The predicted octanol–water partition coefficient (Wildman–Crippen LogP) is 4.12. The lowest BCUT2D eigenvalue weighted by molar-refractivity contribution is -0.110. The van der Waals surface area contributed by atoms with Crippen LogP contribution in [0, 0.1) is 5.92 Å². The first-order valence-corrected chi connectivity index (χ1v) is 12.7. The molecule has 7 rings (SSSR count). The minimum absolute atomic E-state index is 0.139. The van der Waals surface area contributed by atoms with Crippen LogP contribution < -0.4 is 16.0 Å². The Morgan fingerprint density at radius 1 is 0.917 bits per heavy atom. The number of nitrogens with zero attached hydrogens (tertiary/aromatic N) is 1. The minimum Gasteiger partial charge on any atom is -0.380 e. The van der Waals surface area contributed by atoms with Crippen molar-refractivity contribution in [1.82, 2.24) is 15.5 Å². The summed E-state index contributed by atoms with van der Waals surface area (Å²) in [5, 5.41) is 9.80. The minimum atomic E-state index is -0.160. The second-order valence-corrected chi connectivity index (χ2v) is 9.89. The molecule has 182 valence electrons. The van der Waals surface area contributed by atoms with Gasteiger partial charge in [-0.1, -0.05) is 60.7 Å². The van der Waals surface area contributed by atoms with E-state index in [4.69, 9.17) is 0 Å². The van der Waals surface area contributed by atoms with Gasteiger partial charge >= 0.3 is 0 Å². The molecule has 3 saturated heterocycles. The fourth-order valence-electron chi connectivity index (χ4n) is 5.66. The molecule has 36 heavy (non-hydrogen) atoms. The van der Waals surface area contributed by atoms with Crippen LogP contribution in [0.2, 0.25) is 0 Å². The lowest BCUT2D eigenvalue weighted by Crippen LogP contribution is -2.55. The fraction of sp³-hybridized carbons (Fsp3) is 0.267. The Bertz CT molecular complexity index is 1310. The Kier molecular flexibility index (Phi) is 6.03. The molecule has 6 heteroatoms. The molecule has 0 radical (unpaired) electrons. The maximum atomic E-state index is 13.3. The highest BCUT2D eigenvalue weighted by atomic mass is 16.2. The van der Waals surface area contributed by atoms with Crippen molar-refractivity contribution in [2.75, 3.05) is 25.0 Å². The van der Waals surface area contributed by atoms with Crippen molar-refractivity contribution in [2.24, 2.45) is 5.92 Å². The van der Waals surface area contributed by atoms with E-state index in [0.29, 0.717) is 29.6 Å². The number of carbonyl (C=O) groups excluding carboxylic acids is 2. The molecule has 3 aromatic carbocycles. The number of hydrogen-bond acceptors (Lipinski definition) is 4. The van der Waals surface area contributed by atoms with Gasteiger partial charge in [0, 0.05) is 35.9 Å². The van der Waals surface area contributed by atoms with Gasteiger partial charge in [0.1, 0.15) is 0 Å². The zero-order chi connectivity index (χ0) is 24.5. The molecule has 4 aliphatic heterocycles. The van der Waals surface area contributed by atoms with Crippen molar-refractivity contribution in [2.45, 2.75) is 25.4 Å². The first-order valence-electron chi connectivity index (χ1n) is 12.7. The van der Waals surface area contributed by atoms with Crippen molar-refractivity contribution in [3.63, 3.8) is 0 Å². The maximum absolute atomic E-state index is 13.3. The van der Waals surface area contributed by atoms with Crippen LogP contribution in [-0.4, -0.2) is 42.4 Å². The van der Waals surface area contributed by atoms with E-state index in [1.54, 1.807) is 6.07 Å².